The van der Waals surface area contributed by atoms with Crippen molar-refractivity contribution in [2.45, 2.75) is 77.0 Å². The molecule has 6 fully saturated rings. The third-order valence-corrected chi connectivity index (χ3v) is 17.2. The van der Waals surface area contributed by atoms with Gasteiger partial charge in [0.15, 0.2) is 0 Å². The molecule has 6 aliphatic rings. The van der Waals surface area contributed by atoms with E-state index in [1.807, 2.05) is 182 Å². The van der Waals surface area contributed by atoms with E-state index in [1.165, 1.54) is 77.0 Å². The summed E-state index contributed by atoms with van der Waals surface area (Å²) in [6.07, 6.45) is 15.3. The second-order valence-corrected chi connectivity index (χ2v) is 24.0. The van der Waals surface area contributed by atoms with Gasteiger partial charge in [-0.2, -0.15) is 0 Å². The van der Waals surface area contributed by atoms with Crippen LogP contribution in [-0.2, 0) is 28.4 Å². The van der Waals surface area contributed by atoms with Crippen LogP contribution in [0.25, 0.3) is 98.0 Å². The summed E-state index contributed by atoms with van der Waals surface area (Å²) >= 11 is 0. The number of hydrogen-bond acceptors (Lipinski definition) is 12. The molecule has 0 saturated carbocycles. The predicted molar refractivity (Wildman–Crippen MR) is 395 cm³/mol. The molecule has 0 aromatic heterocycles. The van der Waals surface area contributed by atoms with E-state index >= 15 is 0 Å². The van der Waals surface area contributed by atoms with Gasteiger partial charge in [-0.05, 0) is 178 Å². The fraction of sp³-hybridized carbons (Fsp3) is 0.286. The largest absolute Gasteiger partial charge is 1.00 e. The third kappa shape index (κ3) is 25.0. The van der Waals surface area contributed by atoms with E-state index < -0.39 is 0 Å². The molecule has 101 heavy (non-hydrogen) atoms. The summed E-state index contributed by atoms with van der Waals surface area (Å²) in [5.41, 5.74) is 4.04. The summed E-state index contributed by atoms with van der Waals surface area (Å²) in [6.45, 7) is 12.0. The predicted octanol–water partition coefficient (Wildman–Crippen LogP) is 10.2. The van der Waals surface area contributed by atoms with Crippen molar-refractivity contribution in [3.8, 4) is 67.9 Å². The van der Waals surface area contributed by atoms with Crippen molar-refractivity contribution in [1.29, 1.82) is 0 Å². The van der Waals surface area contributed by atoms with Gasteiger partial charge in [0.25, 0.3) is 0 Å². The van der Waals surface area contributed by atoms with Crippen LogP contribution < -0.4 is 88.7 Å². The molecule has 17 heteroatoms. The van der Waals surface area contributed by atoms with Crippen LogP contribution in [-0.4, -0.2) is 115 Å². The van der Waals surface area contributed by atoms with Gasteiger partial charge in [0.1, 0.15) is 34.5 Å². The van der Waals surface area contributed by atoms with Gasteiger partial charge in [-0.15, -0.1) is 0 Å². The monoisotopic (exact) mass is 1520 g/mol. The minimum Gasteiger partial charge on any atom is -0.507 e. The molecular weight excluding hydrogens is 1420 g/mol. The Bertz CT molecular complexity index is 3630. The van der Waals surface area contributed by atoms with E-state index in [0.717, 1.165) is 144 Å². The van der Waals surface area contributed by atoms with E-state index in [1.54, 1.807) is 36.4 Å². The molecule has 0 amide bonds. The zero-order valence-corrected chi connectivity index (χ0v) is 68.6. The fourth-order valence-corrected chi connectivity index (χ4v) is 12.2. The number of ether oxygens (including phenoxy) is 6. The van der Waals surface area contributed by atoms with Gasteiger partial charge >= 0.3 is 88.7 Å². The number of rotatable bonds is 3. The molecule has 6 heterocycles. The van der Waals surface area contributed by atoms with Crippen molar-refractivity contribution >= 4 is 64.6 Å². The van der Waals surface area contributed by atoms with Crippen molar-refractivity contribution in [2.75, 3.05) is 79.3 Å². The Balaban J connectivity index is 0.000000221. The summed E-state index contributed by atoms with van der Waals surface area (Å²) in [5.74, 6) is 1.03. The van der Waals surface area contributed by atoms with Crippen LogP contribution in [0.5, 0.6) is 34.5 Å². The maximum Gasteiger partial charge on any atom is 1.00 e. The van der Waals surface area contributed by atoms with Gasteiger partial charge < -0.3 is 64.5 Å². The number of hydrogen-bond donors (Lipinski definition) is 6. The van der Waals surface area contributed by atoms with E-state index in [4.69, 9.17) is 28.4 Å². The third-order valence-electron chi connectivity index (χ3n) is 17.2. The Morgan fingerprint density at radius 3 is 0.406 bits per heavy atom. The van der Waals surface area contributed by atoms with Gasteiger partial charge in [0, 0.05) is 148 Å². The summed E-state index contributed by atoms with van der Waals surface area (Å²) in [6, 6.07) is 68.6. The maximum atomic E-state index is 10.4. The number of phenols is 6. The molecule has 13 nitrogen and oxygen atoms in total. The second kappa shape index (κ2) is 47.4. The van der Waals surface area contributed by atoms with Crippen LogP contribution in [0, 0.1) is 35.6 Å². The zero-order valence-electron chi connectivity index (χ0n) is 59.0. The first kappa shape index (κ1) is 86.6. The van der Waals surface area contributed by atoms with E-state index in [-0.39, 0.29) is 164 Å². The Hall–Kier alpha value is -5.09. The topological polar surface area (TPSA) is 208 Å². The summed E-state index contributed by atoms with van der Waals surface area (Å²) in [4.78, 5) is 0. The number of benzene rings is 12. The zero-order chi connectivity index (χ0) is 66.5. The van der Waals surface area contributed by atoms with Crippen molar-refractivity contribution in [2.24, 2.45) is 0 Å². The van der Waals surface area contributed by atoms with Gasteiger partial charge in [-0.1, -0.05) is 182 Å². The van der Waals surface area contributed by atoms with Crippen molar-refractivity contribution in [1.82, 2.24) is 0 Å². The smallest absolute Gasteiger partial charge is 0.507 e. The molecule has 0 bridgehead atoms. The average molecular weight is 1520 g/mol. The maximum absolute atomic E-state index is 10.4. The van der Waals surface area contributed by atoms with Gasteiger partial charge in [-0.3, -0.25) is 0 Å². The summed E-state index contributed by atoms with van der Waals surface area (Å²) in [7, 11) is 0. The Morgan fingerprint density at radius 2 is 0.297 bits per heavy atom. The first-order valence-electron chi connectivity index (χ1n) is 34.0. The molecule has 18 rings (SSSR count). The molecule has 8 N–H and O–H groups in total. The normalized spacial score (nSPS) is 14.4. The van der Waals surface area contributed by atoms with Crippen molar-refractivity contribution < 1.29 is 189 Å². The molecule has 0 atom stereocenters. The van der Waals surface area contributed by atoms with E-state index in [0.29, 0.717) is 33.4 Å². The Kier molecular flexibility index (Phi) is 40.6. The first-order chi connectivity index (χ1) is 47.3. The van der Waals surface area contributed by atoms with Crippen LogP contribution in [0.15, 0.2) is 218 Å². The molecule has 6 saturated heterocycles. The fourth-order valence-electron chi connectivity index (χ4n) is 12.2. The summed E-state index contributed by atoms with van der Waals surface area (Å²) in [5, 5.41) is 74.3. The van der Waals surface area contributed by atoms with Crippen LogP contribution in [0.4, 0.5) is 0 Å². The second-order valence-electron chi connectivity index (χ2n) is 24.0. The first-order valence-corrected chi connectivity index (χ1v) is 34.0. The van der Waals surface area contributed by atoms with Gasteiger partial charge in [0.2, 0.25) is 0 Å². The quantitative estimate of drug-likeness (QED) is 0.0914. The molecule has 509 valence electrons. The Labute approximate surface area is 688 Å². The van der Waals surface area contributed by atoms with Crippen molar-refractivity contribution in [3.05, 3.63) is 218 Å². The Morgan fingerprint density at radius 1 is 0.178 bits per heavy atom. The molecule has 0 spiro atoms. The minimum absolute atomic E-state index is 0. The molecule has 0 unspecified atom stereocenters. The van der Waals surface area contributed by atoms with Crippen LogP contribution in [0.3, 0.4) is 0 Å². The number of fused-ring (bicyclic) bond motifs is 6. The van der Waals surface area contributed by atoms with Gasteiger partial charge in [-0.25, -0.2) is 0 Å². The van der Waals surface area contributed by atoms with E-state index in [9.17, 15) is 30.6 Å². The van der Waals surface area contributed by atoms with Gasteiger partial charge in [0.05, 0.1) is 0 Å². The average Bonchev–Trinajstić information content (AvgIpc) is 0.958. The molecule has 1 radical (unpaired) electrons. The molecule has 12 aromatic rings. The van der Waals surface area contributed by atoms with Crippen LogP contribution in [0.2, 0.25) is 0 Å². The SMILES string of the molecule is C1CCOC1.C1CCOC1.C1CCOC1.C1CCOC1.C1CCOC1.C1CCOC1.O.Oc1ccc2ccccc2c1-c1c(O)ccc2ccccc12.Oc1ccc2ccccc2c1-c1c(O)ccc2ccccc12.Oc1ccc2ccccc2c1-c1c(O)ccc2ccccc12.[La].[Na+].[Na+].[Na+]. The van der Waals surface area contributed by atoms with Crippen LogP contribution in [0.1, 0.15) is 77.0 Å². The summed E-state index contributed by atoms with van der Waals surface area (Å²) < 4.78 is 29.7. The number of phenolic OH excluding ortho intramolecular Hbond substituents is 6. The standard InChI is InChI=1S/3C20H14O2.6C4H8O.La.3Na.H2O/c3*21-17-11-9-13-5-1-3-7-15(13)19(17)20-16-8-4-2-6-14(16)10-12-18(20)22;6*1-2-4-5-3-1;;;;;/h3*1-12,21-22H;6*1-4H2;;;;;1H2/q;;;;;;;;;;3*+1;. The van der Waals surface area contributed by atoms with Crippen LogP contribution >= 0.6 is 0 Å². The van der Waals surface area contributed by atoms with Crippen molar-refractivity contribution in [3.63, 3.8) is 0 Å². The molecule has 0 aliphatic carbocycles. The molecule has 12 aromatic carbocycles. The molecule has 6 aliphatic heterocycles. The minimum atomic E-state index is 0. The molecular formula is C84H92LaNa3O13+3. The number of aromatic hydroxyl groups is 6. The van der Waals surface area contributed by atoms with E-state index in [2.05, 4.69) is 0 Å².